The largest absolute Gasteiger partial charge is 0.351 e. The lowest BCUT2D eigenvalue weighted by molar-refractivity contribution is -0.124. The van der Waals surface area contributed by atoms with Gasteiger partial charge in [-0.15, -0.1) is 12.4 Å². The van der Waals surface area contributed by atoms with Crippen LogP contribution in [0.5, 0.6) is 0 Å². The third-order valence-corrected chi connectivity index (χ3v) is 4.98. The van der Waals surface area contributed by atoms with Gasteiger partial charge in [-0.05, 0) is 57.3 Å². The number of hydrogen-bond acceptors (Lipinski definition) is 2. The van der Waals surface area contributed by atoms with E-state index in [1.807, 2.05) is 0 Å². The molecule has 19 heavy (non-hydrogen) atoms. The van der Waals surface area contributed by atoms with E-state index in [1.165, 1.54) is 19.3 Å². The van der Waals surface area contributed by atoms with Gasteiger partial charge >= 0.3 is 0 Å². The van der Waals surface area contributed by atoms with Crippen LogP contribution in [0.25, 0.3) is 0 Å². The molecule has 0 aromatic carbocycles. The van der Waals surface area contributed by atoms with Crippen LogP contribution in [0, 0.1) is 11.8 Å². The van der Waals surface area contributed by atoms with Crippen molar-refractivity contribution in [3.8, 4) is 0 Å². The van der Waals surface area contributed by atoms with Gasteiger partial charge in [-0.1, -0.05) is 13.3 Å². The molecule has 2 rings (SSSR count). The minimum atomic E-state index is 0. The Labute approximate surface area is 123 Å². The van der Waals surface area contributed by atoms with Gasteiger partial charge in [-0.25, -0.2) is 0 Å². The van der Waals surface area contributed by atoms with Gasteiger partial charge in [-0.2, -0.15) is 0 Å². The molecule has 4 heteroatoms. The lowest BCUT2D eigenvalue weighted by Gasteiger charge is -2.37. The van der Waals surface area contributed by atoms with Crippen molar-refractivity contribution < 1.29 is 4.79 Å². The molecule has 3 N–H and O–H groups in total. The van der Waals surface area contributed by atoms with Crippen molar-refractivity contribution in [3.05, 3.63) is 0 Å². The van der Waals surface area contributed by atoms with E-state index < -0.39 is 0 Å². The Morgan fingerprint density at radius 1 is 1.26 bits per heavy atom. The van der Waals surface area contributed by atoms with Crippen molar-refractivity contribution in [2.75, 3.05) is 0 Å². The third kappa shape index (κ3) is 4.64. The smallest absolute Gasteiger partial charge is 0.220 e. The second-order valence-corrected chi connectivity index (χ2v) is 6.85. The van der Waals surface area contributed by atoms with Crippen LogP contribution in [0.1, 0.15) is 65.2 Å². The number of amides is 1. The molecule has 2 fully saturated rings. The minimum absolute atomic E-state index is 0. The summed E-state index contributed by atoms with van der Waals surface area (Å²) in [5.74, 6) is 1.45. The van der Waals surface area contributed by atoms with Crippen molar-refractivity contribution in [3.63, 3.8) is 0 Å². The minimum Gasteiger partial charge on any atom is -0.351 e. The number of carbonyl (C=O) groups is 1. The van der Waals surface area contributed by atoms with Crippen LogP contribution in [-0.2, 0) is 4.79 Å². The fourth-order valence-corrected chi connectivity index (χ4v) is 3.47. The van der Waals surface area contributed by atoms with E-state index >= 15 is 0 Å². The molecule has 0 radical (unpaired) electrons. The Morgan fingerprint density at radius 3 is 2.42 bits per heavy atom. The molecule has 1 amide bonds. The summed E-state index contributed by atoms with van der Waals surface area (Å²) in [6.07, 6.45) is 8.75. The normalized spacial score (nSPS) is 38.6. The summed E-state index contributed by atoms with van der Waals surface area (Å²) < 4.78 is 0. The van der Waals surface area contributed by atoms with Gasteiger partial charge in [0.1, 0.15) is 0 Å². The van der Waals surface area contributed by atoms with Crippen LogP contribution in [0.15, 0.2) is 0 Å². The Balaban J connectivity index is 0.00000180. The molecule has 2 atom stereocenters. The molecule has 112 valence electrons. The Bertz CT molecular complexity index is 301. The lowest BCUT2D eigenvalue weighted by atomic mass is 9.78. The highest BCUT2D eigenvalue weighted by Crippen LogP contribution is 2.32. The fraction of sp³-hybridized carbons (Fsp3) is 0.933. The maximum absolute atomic E-state index is 12.1. The SMILES string of the molecule is CC1CCC(C)(NC(=O)C[C@@H]2CCC[C@H]2N)CC1.Cl. The average Bonchev–Trinajstić information content (AvgIpc) is 2.69. The van der Waals surface area contributed by atoms with Crippen molar-refractivity contribution in [1.82, 2.24) is 5.32 Å². The molecular weight excluding hydrogens is 260 g/mol. The monoisotopic (exact) mass is 288 g/mol. The highest BCUT2D eigenvalue weighted by Gasteiger charge is 2.32. The molecule has 3 nitrogen and oxygen atoms in total. The van der Waals surface area contributed by atoms with Gasteiger partial charge in [0, 0.05) is 18.0 Å². The maximum Gasteiger partial charge on any atom is 0.220 e. The summed E-state index contributed by atoms with van der Waals surface area (Å²) in [6, 6.07) is 0.245. The van der Waals surface area contributed by atoms with E-state index in [0.29, 0.717) is 12.3 Å². The van der Waals surface area contributed by atoms with Crippen LogP contribution >= 0.6 is 12.4 Å². The van der Waals surface area contributed by atoms with Crippen LogP contribution in [0.3, 0.4) is 0 Å². The molecule has 2 aliphatic carbocycles. The zero-order valence-corrected chi connectivity index (χ0v) is 13.1. The van der Waals surface area contributed by atoms with Crippen LogP contribution < -0.4 is 11.1 Å². The summed E-state index contributed by atoms with van der Waals surface area (Å²) in [7, 11) is 0. The van der Waals surface area contributed by atoms with Crippen molar-refractivity contribution in [2.24, 2.45) is 17.6 Å². The first-order valence-electron chi connectivity index (χ1n) is 7.55. The van der Waals surface area contributed by atoms with E-state index in [9.17, 15) is 4.79 Å². The van der Waals surface area contributed by atoms with Gasteiger partial charge in [0.2, 0.25) is 5.91 Å². The van der Waals surface area contributed by atoms with Gasteiger partial charge in [-0.3, -0.25) is 4.79 Å². The highest BCUT2D eigenvalue weighted by atomic mass is 35.5. The zero-order chi connectivity index (χ0) is 13.2. The molecule has 2 saturated carbocycles. The average molecular weight is 289 g/mol. The van der Waals surface area contributed by atoms with Crippen molar-refractivity contribution in [1.29, 1.82) is 0 Å². The molecule has 0 aromatic rings. The highest BCUT2D eigenvalue weighted by molar-refractivity contribution is 5.85. The van der Waals surface area contributed by atoms with E-state index in [2.05, 4.69) is 19.2 Å². The summed E-state index contributed by atoms with van der Waals surface area (Å²) in [5.41, 5.74) is 6.07. The number of nitrogens with two attached hydrogens (primary N) is 1. The third-order valence-electron chi connectivity index (χ3n) is 4.98. The first-order chi connectivity index (χ1) is 8.48. The zero-order valence-electron chi connectivity index (χ0n) is 12.3. The number of nitrogens with one attached hydrogen (secondary N) is 1. The predicted octanol–water partition coefficient (Wildman–Crippen LogP) is 3.01. The summed E-state index contributed by atoms with van der Waals surface area (Å²) in [5, 5.41) is 3.27. The lowest BCUT2D eigenvalue weighted by Crippen LogP contribution is -2.48. The first kappa shape index (κ1) is 16.8. The molecule has 0 saturated heterocycles. The standard InChI is InChI=1S/C15H28N2O.ClH/c1-11-6-8-15(2,9-7-11)17-14(18)10-12-4-3-5-13(12)16;/h11-13H,3-10,16H2,1-2H3,(H,17,18);1H/t11?,12-,13+,15?;/m0./s1. The second kappa shape index (κ2) is 6.94. The molecular formula is C15H29ClN2O. The van der Waals surface area contributed by atoms with Crippen molar-refractivity contribution >= 4 is 18.3 Å². The van der Waals surface area contributed by atoms with Crippen LogP contribution in [-0.4, -0.2) is 17.5 Å². The second-order valence-electron chi connectivity index (χ2n) is 6.85. The van der Waals surface area contributed by atoms with Gasteiger partial charge < -0.3 is 11.1 Å². The number of carbonyl (C=O) groups excluding carboxylic acids is 1. The molecule has 2 aliphatic rings. The topological polar surface area (TPSA) is 55.1 Å². The number of hydrogen-bond donors (Lipinski definition) is 2. The van der Waals surface area contributed by atoms with E-state index in [0.717, 1.165) is 31.6 Å². The molecule has 0 spiro atoms. The summed E-state index contributed by atoms with van der Waals surface area (Å²) in [6.45, 7) is 4.50. The number of halogens is 1. The molecule has 0 bridgehead atoms. The predicted molar refractivity (Wildman–Crippen MR) is 81.4 cm³/mol. The van der Waals surface area contributed by atoms with Crippen LogP contribution in [0.4, 0.5) is 0 Å². The molecule has 0 heterocycles. The van der Waals surface area contributed by atoms with Crippen LogP contribution in [0.2, 0.25) is 0 Å². The van der Waals surface area contributed by atoms with Gasteiger partial charge in [0.25, 0.3) is 0 Å². The van der Waals surface area contributed by atoms with Crippen molar-refractivity contribution in [2.45, 2.75) is 76.8 Å². The quantitative estimate of drug-likeness (QED) is 0.839. The maximum atomic E-state index is 12.1. The Hall–Kier alpha value is -0.280. The van der Waals surface area contributed by atoms with Gasteiger partial charge in [0.15, 0.2) is 0 Å². The Morgan fingerprint density at radius 2 is 1.89 bits per heavy atom. The molecule has 0 aliphatic heterocycles. The first-order valence-corrected chi connectivity index (χ1v) is 7.55. The molecule has 0 aromatic heterocycles. The van der Waals surface area contributed by atoms with Gasteiger partial charge in [0.05, 0.1) is 0 Å². The van der Waals surface area contributed by atoms with E-state index in [1.54, 1.807) is 0 Å². The fourth-order valence-electron chi connectivity index (χ4n) is 3.47. The Kier molecular flexibility index (Phi) is 6.13. The molecule has 0 unspecified atom stereocenters. The number of rotatable bonds is 3. The summed E-state index contributed by atoms with van der Waals surface area (Å²) >= 11 is 0. The summed E-state index contributed by atoms with van der Waals surface area (Å²) in [4.78, 5) is 12.1. The van der Waals surface area contributed by atoms with E-state index in [-0.39, 0.29) is 29.9 Å². The van der Waals surface area contributed by atoms with E-state index in [4.69, 9.17) is 5.73 Å².